The number of ether oxygens (including phenoxy) is 3. The Morgan fingerprint density at radius 1 is 0.956 bits per heavy atom. The third kappa shape index (κ3) is 7.56. The average molecular weight is 640 g/mol. The second kappa shape index (κ2) is 14.5. The minimum absolute atomic E-state index is 0.0899. The lowest BCUT2D eigenvalue weighted by Gasteiger charge is -2.36. The van der Waals surface area contributed by atoms with Crippen molar-refractivity contribution in [3.05, 3.63) is 100 Å². The molecule has 3 aliphatic rings. The van der Waals surface area contributed by atoms with E-state index in [1.54, 1.807) is 0 Å². The number of aliphatic hydroxyl groups excluding tert-OH is 2. The average Bonchev–Trinajstić information content (AvgIpc) is 3.53. The maximum absolute atomic E-state index is 14.2. The van der Waals surface area contributed by atoms with Gasteiger partial charge in [-0.1, -0.05) is 37.3 Å². The van der Waals surface area contributed by atoms with Gasteiger partial charge >= 0.3 is 0 Å². The number of nitrogens with zero attached hydrogens (tertiary/aromatic N) is 1. The zero-order valence-corrected chi connectivity index (χ0v) is 26.7. The van der Waals surface area contributed by atoms with Crippen LogP contribution in [0.25, 0.3) is 0 Å². The summed E-state index contributed by atoms with van der Waals surface area (Å²) in [6.45, 7) is 4.39. The Morgan fingerprint density at radius 2 is 1.78 bits per heavy atom. The second-order valence-corrected chi connectivity index (χ2v) is 13.4. The molecular weight excluding hydrogens is 596 g/mol. The largest absolute Gasteiger partial charge is 0.489 e. The number of thioether (sulfide) groups is 1. The Balaban J connectivity index is 1.02. The molecule has 0 radical (unpaired) electrons. The monoisotopic (exact) mass is 639 g/mol. The molecule has 9 heteroatoms. The van der Waals surface area contributed by atoms with Crippen molar-refractivity contribution < 1.29 is 33.2 Å². The van der Waals surface area contributed by atoms with Crippen LogP contribution in [0.5, 0.6) is 5.75 Å². The van der Waals surface area contributed by atoms with Crippen LogP contribution in [0.4, 0.5) is 8.78 Å². The summed E-state index contributed by atoms with van der Waals surface area (Å²) in [5.41, 5.74) is 4.58. The number of benzene rings is 3. The molecular formula is C36H43F2NO5S. The van der Waals surface area contributed by atoms with Crippen LogP contribution in [0.2, 0.25) is 0 Å². The molecule has 0 spiro atoms. The quantitative estimate of drug-likeness (QED) is 0.282. The molecule has 0 aliphatic carbocycles. The minimum atomic E-state index is -0.882. The van der Waals surface area contributed by atoms with E-state index in [9.17, 15) is 19.0 Å². The lowest BCUT2D eigenvalue weighted by Crippen LogP contribution is -2.43. The van der Waals surface area contributed by atoms with Gasteiger partial charge < -0.3 is 24.4 Å². The first-order valence-corrected chi connectivity index (χ1v) is 17.3. The van der Waals surface area contributed by atoms with Gasteiger partial charge in [-0.2, -0.15) is 0 Å². The Bertz CT molecular complexity index is 1430. The molecule has 0 unspecified atom stereocenters. The molecule has 2 N–H and O–H groups in total. The number of aliphatic hydroxyl groups is 2. The molecule has 3 aromatic carbocycles. The molecule has 6 rings (SSSR count). The van der Waals surface area contributed by atoms with Gasteiger partial charge in [0.1, 0.15) is 35.0 Å². The number of likely N-dealkylation sites (tertiary alicyclic amines) is 1. The fourth-order valence-corrected chi connectivity index (χ4v) is 7.62. The summed E-state index contributed by atoms with van der Waals surface area (Å²) in [4.78, 5) is 2.40. The van der Waals surface area contributed by atoms with Gasteiger partial charge in [0.15, 0.2) is 0 Å². The topological polar surface area (TPSA) is 71.4 Å². The van der Waals surface area contributed by atoms with Gasteiger partial charge in [0.25, 0.3) is 0 Å². The minimum Gasteiger partial charge on any atom is -0.489 e. The van der Waals surface area contributed by atoms with Crippen molar-refractivity contribution in [2.75, 3.05) is 26.0 Å². The van der Waals surface area contributed by atoms with E-state index in [-0.39, 0.29) is 18.2 Å². The number of hydrogen-bond donors (Lipinski definition) is 2. The molecule has 6 nitrogen and oxygen atoms in total. The Morgan fingerprint density at radius 3 is 2.51 bits per heavy atom. The summed E-state index contributed by atoms with van der Waals surface area (Å²) >= 11 is 1.42. The van der Waals surface area contributed by atoms with Crippen molar-refractivity contribution in [1.82, 2.24) is 4.90 Å². The van der Waals surface area contributed by atoms with E-state index in [1.807, 2.05) is 18.4 Å². The van der Waals surface area contributed by atoms with Crippen molar-refractivity contribution in [1.29, 1.82) is 0 Å². The SMILES string of the molecule is CCc1ccc([C@H]2C[C@@H](O)[C@H](O)[C@@H](SC)O2)cc1Cc1ccc(O[C@@H]2CCN([C@H]3CC[C@@H](c4cc(F)ccc4F)OC3)C2)cc1. The Kier molecular flexibility index (Phi) is 10.4. The molecule has 0 amide bonds. The van der Waals surface area contributed by atoms with Gasteiger partial charge in [0.05, 0.1) is 24.9 Å². The molecule has 0 bridgehead atoms. The van der Waals surface area contributed by atoms with Gasteiger partial charge in [0.2, 0.25) is 0 Å². The highest BCUT2D eigenvalue weighted by Gasteiger charge is 2.37. The molecule has 45 heavy (non-hydrogen) atoms. The van der Waals surface area contributed by atoms with Crippen LogP contribution in [-0.2, 0) is 22.3 Å². The highest BCUT2D eigenvalue weighted by molar-refractivity contribution is 7.99. The molecule has 3 aromatic rings. The zero-order chi connectivity index (χ0) is 31.5. The summed E-state index contributed by atoms with van der Waals surface area (Å²) in [6, 6.07) is 18.6. The molecule has 3 heterocycles. The van der Waals surface area contributed by atoms with E-state index in [0.717, 1.165) is 56.2 Å². The molecule has 3 fully saturated rings. The fraction of sp³-hybridized carbons (Fsp3) is 0.500. The zero-order valence-electron chi connectivity index (χ0n) is 25.9. The molecule has 0 aromatic heterocycles. The van der Waals surface area contributed by atoms with Crippen molar-refractivity contribution >= 4 is 11.8 Å². The van der Waals surface area contributed by atoms with E-state index < -0.39 is 35.4 Å². The molecule has 3 saturated heterocycles. The van der Waals surface area contributed by atoms with E-state index >= 15 is 0 Å². The standard InChI is InChI=1S/C36H43F2NO5S/c1-3-23-6-7-24(34-19-32(40)35(41)36(44-34)45-2)17-25(23)16-22-4-10-28(11-5-22)43-29-14-15-39(20-29)27-9-13-33(42-21-27)30-18-26(37)8-12-31(30)38/h4-8,10-12,17-18,27,29,32-36,40-41H,3,9,13-16,19-21H2,1-2H3/t27-,29+,32+,33-,34+,35-,36+/m0/s1. The van der Waals surface area contributed by atoms with Crippen molar-refractivity contribution in [2.24, 2.45) is 0 Å². The van der Waals surface area contributed by atoms with Crippen molar-refractivity contribution in [3.63, 3.8) is 0 Å². The van der Waals surface area contributed by atoms with Gasteiger partial charge in [-0.3, -0.25) is 4.90 Å². The van der Waals surface area contributed by atoms with Crippen LogP contribution in [0, 0.1) is 11.6 Å². The van der Waals surface area contributed by atoms with E-state index in [0.29, 0.717) is 25.0 Å². The maximum Gasteiger partial charge on any atom is 0.132 e. The molecule has 0 saturated carbocycles. The smallest absolute Gasteiger partial charge is 0.132 e. The van der Waals surface area contributed by atoms with Crippen LogP contribution in [0.1, 0.15) is 72.6 Å². The summed E-state index contributed by atoms with van der Waals surface area (Å²) in [5, 5.41) is 20.6. The number of aryl methyl sites for hydroxylation is 1. The number of rotatable bonds is 9. The third-order valence-corrected chi connectivity index (χ3v) is 10.4. The normalized spacial score (nSPS) is 29.2. The van der Waals surface area contributed by atoms with Gasteiger partial charge in [0, 0.05) is 31.1 Å². The first-order chi connectivity index (χ1) is 21.8. The van der Waals surface area contributed by atoms with E-state index in [2.05, 4.69) is 42.2 Å². The number of halogens is 2. The lowest BCUT2D eigenvalue weighted by molar-refractivity contribution is -0.137. The molecule has 7 atom stereocenters. The Hall–Kier alpha value is -2.53. The molecule has 3 aliphatic heterocycles. The van der Waals surface area contributed by atoms with Gasteiger partial charge in [-0.15, -0.1) is 11.8 Å². The highest BCUT2D eigenvalue weighted by atomic mass is 32.2. The Labute approximate surface area is 268 Å². The van der Waals surface area contributed by atoms with Gasteiger partial charge in [-0.25, -0.2) is 8.78 Å². The van der Waals surface area contributed by atoms with Crippen LogP contribution in [0.3, 0.4) is 0 Å². The summed E-state index contributed by atoms with van der Waals surface area (Å²) < 4.78 is 46.4. The van der Waals surface area contributed by atoms with E-state index in [4.69, 9.17) is 14.2 Å². The summed E-state index contributed by atoms with van der Waals surface area (Å²) in [5.74, 6) is -0.00846. The van der Waals surface area contributed by atoms with Crippen LogP contribution < -0.4 is 4.74 Å². The number of hydrogen-bond acceptors (Lipinski definition) is 7. The van der Waals surface area contributed by atoms with Crippen LogP contribution in [-0.4, -0.2) is 70.9 Å². The first-order valence-electron chi connectivity index (χ1n) is 16.0. The van der Waals surface area contributed by atoms with E-state index in [1.165, 1.54) is 40.6 Å². The highest BCUT2D eigenvalue weighted by Crippen LogP contribution is 2.37. The second-order valence-electron chi connectivity index (χ2n) is 12.5. The summed E-state index contributed by atoms with van der Waals surface area (Å²) in [6.07, 6.45) is 4.15. The predicted octanol–water partition coefficient (Wildman–Crippen LogP) is 6.36. The fourth-order valence-electron chi connectivity index (χ4n) is 6.92. The third-order valence-electron chi connectivity index (χ3n) is 9.51. The van der Waals surface area contributed by atoms with Crippen molar-refractivity contribution in [2.45, 2.75) is 87.4 Å². The lowest BCUT2D eigenvalue weighted by atomic mass is 9.91. The summed E-state index contributed by atoms with van der Waals surface area (Å²) in [7, 11) is 0. The first kappa shape index (κ1) is 32.4. The predicted molar refractivity (Wildman–Crippen MR) is 172 cm³/mol. The molecule has 242 valence electrons. The van der Waals surface area contributed by atoms with Crippen LogP contribution in [0.15, 0.2) is 60.7 Å². The van der Waals surface area contributed by atoms with Gasteiger partial charge in [-0.05, 0) is 90.9 Å². The maximum atomic E-state index is 14.2. The van der Waals surface area contributed by atoms with Crippen LogP contribution >= 0.6 is 11.8 Å². The van der Waals surface area contributed by atoms with Crippen molar-refractivity contribution in [3.8, 4) is 5.75 Å².